The first-order chi connectivity index (χ1) is 28.2. The zero-order valence-corrected chi connectivity index (χ0v) is 33.2. The molecule has 0 aliphatic rings. The van der Waals surface area contributed by atoms with Crippen LogP contribution in [0.15, 0.2) is 193 Å². The first-order valence-corrected chi connectivity index (χ1v) is 19.0. The Hall–Kier alpha value is -7.07. The number of hydrogen-bond donors (Lipinski definition) is 1. The number of nitrogens with zero attached hydrogens (tertiary/aromatic N) is 3. The summed E-state index contributed by atoms with van der Waals surface area (Å²) in [5, 5.41) is 15.6. The molecule has 11 rings (SSSR count). The molecule has 8 aromatic carbocycles. The number of pyridine rings is 1. The zero-order valence-electron chi connectivity index (χ0n) is 30.9. The summed E-state index contributed by atoms with van der Waals surface area (Å²) in [4.78, 5) is 10.3. The molecule has 11 aromatic rings. The zero-order chi connectivity index (χ0) is 37.9. The summed E-state index contributed by atoms with van der Waals surface area (Å²) in [7, 11) is 0. The Morgan fingerprint density at radius 3 is 1.95 bits per heavy atom. The molecular weight excluding hydrogens is 894 g/mol. The van der Waals surface area contributed by atoms with Gasteiger partial charge >= 0.3 is 0 Å². The molecule has 0 spiro atoms. The van der Waals surface area contributed by atoms with Gasteiger partial charge in [-0.15, -0.1) is 23.8 Å². The fraction of sp³-hybridized carbons (Fsp3) is 0. The van der Waals surface area contributed by atoms with E-state index in [0.717, 1.165) is 94.1 Å². The molecule has 0 saturated carbocycles. The second kappa shape index (κ2) is 14.5. The molecule has 1 N–H and O–H groups in total. The van der Waals surface area contributed by atoms with E-state index < -0.39 is 0 Å². The van der Waals surface area contributed by atoms with Gasteiger partial charge in [-0.2, -0.15) is 0 Å². The third-order valence-corrected chi connectivity index (χ3v) is 10.8. The molecule has 6 heteroatoms. The summed E-state index contributed by atoms with van der Waals surface area (Å²) in [6.07, 6.45) is 1.82. The minimum absolute atomic E-state index is 0. The summed E-state index contributed by atoms with van der Waals surface area (Å²) < 4.78 is 8.48. The molecular formula is C52H32N3O2Pt-. The Bertz CT molecular complexity index is 3320. The molecule has 0 aliphatic carbocycles. The molecule has 5 nitrogen and oxygen atoms in total. The number of aromatic nitrogens is 3. The van der Waals surface area contributed by atoms with Gasteiger partial charge in [0.25, 0.3) is 0 Å². The topological polar surface area (TPSA) is 64.1 Å². The van der Waals surface area contributed by atoms with Crippen LogP contribution in [0.3, 0.4) is 0 Å². The van der Waals surface area contributed by atoms with E-state index in [2.05, 4.69) is 144 Å². The second-order valence-electron chi connectivity index (χ2n) is 14.3. The first kappa shape index (κ1) is 35.3. The average Bonchev–Trinajstić information content (AvgIpc) is 3.84. The number of imidazole rings is 1. The van der Waals surface area contributed by atoms with Crippen LogP contribution in [0.2, 0.25) is 0 Å². The Kier molecular flexibility index (Phi) is 8.81. The van der Waals surface area contributed by atoms with E-state index in [1.54, 1.807) is 6.07 Å². The van der Waals surface area contributed by atoms with Gasteiger partial charge in [0.2, 0.25) is 0 Å². The van der Waals surface area contributed by atoms with Crippen LogP contribution in [0.5, 0.6) is 5.75 Å². The van der Waals surface area contributed by atoms with Crippen molar-refractivity contribution in [2.24, 2.45) is 0 Å². The van der Waals surface area contributed by atoms with Crippen molar-refractivity contribution in [3.05, 3.63) is 194 Å². The number of fused-ring (bicyclic) bond motifs is 5. The normalized spacial score (nSPS) is 11.4. The van der Waals surface area contributed by atoms with Crippen LogP contribution in [0.1, 0.15) is 0 Å². The maximum absolute atomic E-state index is 11.3. The van der Waals surface area contributed by atoms with Crippen LogP contribution >= 0.6 is 0 Å². The standard InChI is InChI=1S/C52H32N3O2.Pt/c56-48-25-12-10-21-42(48)52-54-51-41(22-13-24-47(51)55(52)46-23-11-9-20-40(46)34-16-5-2-6-17-34)38-26-37(33-14-3-1-4-15-33)27-39(28-38)45-31-44-43-29-35-18-7-8-19-36(35)30-49(43)57-50(44)32-53-45;/h1-27,29-32,56H;/q-1;. The Morgan fingerprint density at radius 1 is 0.517 bits per heavy atom. The number of phenolic OH excluding ortho intramolecular Hbond substituents is 1. The van der Waals surface area contributed by atoms with E-state index in [1.165, 1.54) is 0 Å². The molecule has 0 saturated heterocycles. The summed E-state index contributed by atoms with van der Waals surface area (Å²) in [5.74, 6) is 0.804. The summed E-state index contributed by atoms with van der Waals surface area (Å²) >= 11 is 0. The summed E-state index contributed by atoms with van der Waals surface area (Å²) in [6.45, 7) is 0. The molecule has 0 radical (unpaired) electrons. The van der Waals surface area contributed by atoms with E-state index in [4.69, 9.17) is 14.4 Å². The predicted octanol–water partition coefficient (Wildman–Crippen LogP) is 13.3. The molecule has 0 aliphatic heterocycles. The van der Waals surface area contributed by atoms with Gasteiger partial charge in [0.15, 0.2) is 5.58 Å². The fourth-order valence-corrected chi connectivity index (χ4v) is 8.10. The van der Waals surface area contributed by atoms with Crippen molar-refractivity contribution < 1.29 is 30.6 Å². The van der Waals surface area contributed by atoms with Gasteiger partial charge in [0.1, 0.15) is 17.2 Å². The molecule has 0 unspecified atom stereocenters. The fourth-order valence-electron chi connectivity index (χ4n) is 8.10. The maximum Gasteiger partial charge on any atom is 0.152 e. The summed E-state index contributed by atoms with van der Waals surface area (Å²) in [6, 6.07) is 65.7. The molecule has 3 heterocycles. The van der Waals surface area contributed by atoms with E-state index in [0.29, 0.717) is 11.4 Å². The quantitative estimate of drug-likeness (QED) is 0.169. The molecule has 0 atom stereocenters. The van der Waals surface area contributed by atoms with Crippen LogP contribution in [-0.2, 0) is 21.1 Å². The van der Waals surface area contributed by atoms with Crippen LogP contribution in [0.4, 0.5) is 0 Å². The molecule has 3 aromatic heterocycles. The van der Waals surface area contributed by atoms with Crippen molar-refractivity contribution in [1.29, 1.82) is 0 Å². The Balaban J connectivity index is 0.00000408. The Labute approximate surface area is 348 Å². The molecule has 0 fully saturated rings. The van der Waals surface area contributed by atoms with Gasteiger partial charge in [-0.3, -0.25) is 9.55 Å². The number of furan rings is 1. The third-order valence-electron chi connectivity index (χ3n) is 10.8. The number of phenols is 1. The smallest absolute Gasteiger partial charge is 0.152 e. The van der Waals surface area contributed by atoms with Gasteiger partial charge in [0.05, 0.1) is 28.5 Å². The van der Waals surface area contributed by atoms with Gasteiger partial charge in [-0.05, 0) is 58.3 Å². The number of benzene rings is 8. The monoisotopic (exact) mass is 925 g/mol. The van der Waals surface area contributed by atoms with Gasteiger partial charge in [0, 0.05) is 43.1 Å². The first-order valence-electron chi connectivity index (χ1n) is 19.0. The predicted molar refractivity (Wildman–Crippen MR) is 231 cm³/mol. The van der Waals surface area contributed by atoms with Crippen molar-refractivity contribution in [2.75, 3.05) is 0 Å². The van der Waals surface area contributed by atoms with E-state index in [-0.39, 0.29) is 26.8 Å². The third kappa shape index (κ3) is 5.99. The average molecular weight is 926 g/mol. The van der Waals surface area contributed by atoms with Gasteiger partial charge < -0.3 is 9.52 Å². The van der Waals surface area contributed by atoms with Crippen molar-refractivity contribution in [3.63, 3.8) is 0 Å². The number of rotatable bonds is 6. The van der Waals surface area contributed by atoms with Gasteiger partial charge in [-0.25, -0.2) is 4.98 Å². The molecule has 278 valence electrons. The van der Waals surface area contributed by atoms with E-state index in [9.17, 15) is 5.11 Å². The van der Waals surface area contributed by atoms with Crippen molar-refractivity contribution in [3.8, 4) is 67.5 Å². The second-order valence-corrected chi connectivity index (χ2v) is 14.3. The minimum Gasteiger partial charge on any atom is -0.507 e. The number of aromatic hydroxyl groups is 1. The van der Waals surface area contributed by atoms with E-state index >= 15 is 0 Å². The molecule has 58 heavy (non-hydrogen) atoms. The molecule has 0 amide bonds. The van der Waals surface area contributed by atoms with Crippen LogP contribution in [0.25, 0.3) is 105 Å². The minimum atomic E-state index is 0. The largest absolute Gasteiger partial charge is 0.507 e. The Morgan fingerprint density at radius 2 is 1.16 bits per heavy atom. The van der Waals surface area contributed by atoms with Crippen LogP contribution in [0, 0.1) is 6.07 Å². The SMILES string of the molecule is Oc1ccccc1-c1nc2c(-c3[c-]c(-c4cc5c(cn4)oc4cc6ccccc6cc45)cc(-c4ccccc4)c3)cccc2n1-c1ccccc1-c1ccccc1.[Pt]. The number of hydrogen-bond acceptors (Lipinski definition) is 4. The summed E-state index contributed by atoms with van der Waals surface area (Å²) in [5.41, 5.74) is 12.6. The van der Waals surface area contributed by atoms with Crippen molar-refractivity contribution >= 4 is 43.7 Å². The van der Waals surface area contributed by atoms with Crippen molar-refractivity contribution in [2.45, 2.75) is 0 Å². The maximum atomic E-state index is 11.3. The van der Waals surface area contributed by atoms with Crippen molar-refractivity contribution in [1.82, 2.24) is 14.5 Å². The van der Waals surface area contributed by atoms with Gasteiger partial charge in [-0.1, -0.05) is 150 Å². The number of para-hydroxylation sites is 3. The molecule has 0 bridgehead atoms. The van der Waals surface area contributed by atoms with Crippen LogP contribution < -0.4 is 0 Å². The van der Waals surface area contributed by atoms with Crippen LogP contribution in [-0.4, -0.2) is 19.6 Å². The van der Waals surface area contributed by atoms with E-state index in [1.807, 2.05) is 48.7 Å².